The molecule has 2 heterocycles. The van der Waals surface area contributed by atoms with Crippen LogP contribution in [0.15, 0.2) is 48.5 Å². The number of rotatable bonds is 5. The number of nitro groups is 1. The smallest absolute Gasteiger partial charge is 0.270 e. The van der Waals surface area contributed by atoms with Crippen molar-refractivity contribution in [1.82, 2.24) is 4.90 Å². The van der Waals surface area contributed by atoms with E-state index >= 15 is 0 Å². The largest absolute Gasteiger partial charge is 0.371 e. The molecule has 0 saturated carbocycles. The van der Waals surface area contributed by atoms with Gasteiger partial charge in [-0.2, -0.15) is 0 Å². The zero-order chi connectivity index (χ0) is 18.6. The molecule has 0 unspecified atom stereocenters. The van der Waals surface area contributed by atoms with E-state index in [1.807, 2.05) is 24.3 Å². The van der Waals surface area contributed by atoms with Gasteiger partial charge in [-0.15, -0.1) is 0 Å². The number of nitro benzene ring substituents is 1. The molecule has 6 nitrogen and oxygen atoms in total. The Kier molecular flexibility index (Phi) is 5.36. The maximum atomic E-state index is 11.4. The highest BCUT2D eigenvalue weighted by atomic mass is 16.6. The summed E-state index contributed by atoms with van der Waals surface area (Å²) >= 11 is 0. The summed E-state index contributed by atoms with van der Waals surface area (Å²) in [7, 11) is 0. The minimum absolute atomic E-state index is 0.127. The van der Waals surface area contributed by atoms with E-state index < -0.39 is 0 Å². The van der Waals surface area contributed by atoms with Crippen molar-refractivity contribution in [3.05, 3.63) is 69.8 Å². The topological polar surface area (TPSA) is 58.9 Å². The summed E-state index contributed by atoms with van der Waals surface area (Å²) in [5, 5.41) is 11.4. The highest BCUT2D eigenvalue weighted by Gasteiger charge is 2.30. The van der Waals surface area contributed by atoms with Gasteiger partial charge in [-0.1, -0.05) is 30.3 Å². The maximum Gasteiger partial charge on any atom is 0.270 e. The zero-order valence-corrected chi connectivity index (χ0v) is 15.4. The molecule has 6 heteroatoms. The average molecular weight is 367 g/mol. The van der Waals surface area contributed by atoms with Gasteiger partial charge in [0, 0.05) is 49.6 Å². The molecule has 2 fully saturated rings. The minimum Gasteiger partial charge on any atom is -0.371 e. The summed E-state index contributed by atoms with van der Waals surface area (Å²) in [5.74, 6) is 0. The summed E-state index contributed by atoms with van der Waals surface area (Å²) < 4.78 is 6.16. The van der Waals surface area contributed by atoms with Gasteiger partial charge in [-0.25, -0.2) is 0 Å². The SMILES string of the molecule is O=[N+]([O-])c1ccc(N2CCCC2)c([C@H]2OCCCN2Cc2ccccc2)c1. The molecule has 0 aromatic heterocycles. The number of anilines is 1. The number of hydrogen-bond acceptors (Lipinski definition) is 5. The first-order valence-electron chi connectivity index (χ1n) is 9.65. The Morgan fingerprint density at radius 3 is 2.56 bits per heavy atom. The number of nitrogens with zero attached hydrogens (tertiary/aromatic N) is 3. The molecule has 0 radical (unpaired) electrons. The normalized spacial score (nSPS) is 20.7. The first kappa shape index (κ1) is 17.9. The lowest BCUT2D eigenvalue weighted by Gasteiger charge is -2.37. The van der Waals surface area contributed by atoms with Crippen molar-refractivity contribution in [1.29, 1.82) is 0 Å². The van der Waals surface area contributed by atoms with Crippen LogP contribution in [0.25, 0.3) is 0 Å². The monoisotopic (exact) mass is 367 g/mol. The molecular weight excluding hydrogens is 342 g/mol. The van der Waals surface area contributed by atoms with Crippen LogP contribution in [0.5, 0.6) is 0 Å². The molecule has 0 N–H and O–H groups in total. The van der Waals surface area contributed by atoms with Gasteiger partial charge in [0.2, 0.25) is 0 Å². The van der Waals surface area contributed by atoms with E-state index in [4.69, 9.17) is 4.74 Å². The van der Waals surface area contributed by atoms with Crippen LogP contribution in [0, 0.1) is 10.1 Å². The van der Waals surface area contributed by atoms with Gasteiger partial charge >= 0.3 is 0 Å². The summed E-state index contributed by atoms with van der Waals surface area (Å²) in [6.45, 7) is 4.36. The first-order valence-corrected chi connectivity index (χ1v) is 9.65. The van der Waals surface area contributed by atoms with Crippen LogP contribution in [-0.2, 0) is 11.3 Å². The fourth-order valence-electron chi connectivity index (χ4n) is 4.05. The fraction of sp³-hybridized carbons (Fsp3) is 0.429. The highest BCUT2D eigenvalue weighted by Crippen LogP contribution is 2.37. The lowest BCUT2D eigenvalue weighted by Crippen LogP contribution is -2.37. The molecule has 142 valence electrons. The molecule has 2 aromatic carbocycles. The van der Waals surface area contributed by atoms with Crippen LogP contribution in [0.2, 0.25) is 0 Å². The molecule has 2 aliphatic heterocycles. The minimum atomic E-state index is -0.318. The summed E-state index contributed by atoms with van der Waals surface area (Å²) in [5.41, 5.74) is 3.34. The molecule has 2 aromatic rings. The third kappa shape index (κ3) is 3.96. The van der Waals surface area contributed by atoms with E-state index in [9.17, 15) is 10.1 Å². The standard InChI is InChI=1S/C21H25N3O3/c25-24(26)18-9-10-20(22-11-4-5-12-22)19(15-18)21-23(13-6-14-27-21)16-17-7-2-1-3-8-17/h1-3,7-10,15,21H,4-6,11-14,16H2/t21-/m1/s1. The number of non-ortho nitro benzene ring substituents is 1. The van der Waals surface area contributed by atoms with Gasteiger partial charge < -0.3 is 9.64 Å². The highest BCUT2D eigenvalue weighted by molar-refractivity contribution is 5.59. The molecule has 4 rings (SSSR count). The molecule has 1 atom stereocenters. The lowest BCUT2D eigenvalue weighted by molar-refractivity contribution is -0.385. The second-order valence-corrected chi connectivity index (χ2v) is 7.23. The van der Waals surface area contributed by atoms with E-state index in [0.29, 0.717) is 6.61 Å². The predicted octanol–water partition coefficient (Wildman–Crippen LogP) is 4.12. The van der Waals surface area contributed by atoms with Crippen LogP contribution >= 0.6 is 0 Å². The number of benzene rings is 2. The van der Waals surface area contributed by atoms with Gasteiger partial charge in [0.1, 0.15) is 6.23 Å². The van der Waals surface area contributed by atoms with Crippen LogP contribution in [0.3, 0.4) is 0 Å². The van der Waals surface area contributed by atoms with Crippen LogP contribution in [0.4, 0.5) is 11.4 Å². The van der Waals surface area contributed by atoms with Crippen molar-refractivity contribution in [2.24, 2.45) is 0 Å². The molecular formula is C21H25N3O3. The Hall–Kier alpha value is -2.44. The predicted molar refractivity (Wildman–Crippen MR) is 105 cm³/mol. The number of hydrogen-bond donors (Lipinski definition) is 0. The van der Waals surface area contributed by atoms with Gasteiger partial charge in [0.05, 0.1) is 11.5 Å². The van der Waals surface area contributed by atoms with E-state index in [1.54, 1.807) is 12.1 Å². The van der Waals surface area contributed by atoms with Crippen molar-refractivity contribution in [2.45, 2.75) is 32.0 Å². The first-order chi connectivity index (χ1) is 13.2. The van der Waals surface area contributed by atoms with Gasteiger partial charge in [0.25, 0.3) is 5.69 Å². The average Bonchev–Trinajstić information content (AvgIpc) is 3.23. The molecule has 0 aliphatic carbocycles. The summed E-state index contributed by atoms with van der Waals surface area (Å²) in [4.78, 5) is 15.7. The second-order valence-electron chi connectivity index (χ2n) is 7.23. The Labute approximate surface area is 159 Å². The molecule has 27 heavy (non-hydrogen) atoms. The third-order valence-electron chi connectivity index (χ3n) is 5.36. The van der Waals surface area contributed by atoms with E-state index in [-0.39, 0.29) is 16.8 Å². The van der Waals surface area contributed by atoms with Crippen molar-refractivity contribution in [3.63, 3.8) is 0 Å². The Balaban J connectivity index is 1.69. The van der Waals surface area contributed by atoms with Crippen LogP contribution in [0.1, 0.15) is 36.6 Å². The Morgan fingerprint density at radius 2 is 1.81 bits per heavy atom. The van der Waals surface area contributed by atoms with E-state index in [0.717, 1.165) is 56.7 Å². The lowest BCUT2D eigenvalue weighted by atomic mass is 10.1. The van der Waals surface area contributed by atoms with Gasteiger partial charge in [-0.3, -0.25) is 15.0 Å². The fourth-order valence-corrected chi connectivity index (χ4v) is 4.05. The molecule has 0 bridgehead atoms. The molecule has 0 amide bonds. The van der Waals surface area contributed by atoms with Gasteiger partial charge in [-0.05, 0) is 30.9 Å². The second kappa shape index (κ2) is 8.06. The summed E-state index contributed by atoms with van der Waals surface area (Å²) in [6.07, 6.45) is 3.04. The Morgan fingerprint density at radius 1 is 1.04 bits per heavy atom. The van der Waals surface area contributed by atoms with E-state index in [2.05, 4.69) is 21.9 Å². The van der Waals surface area contributed by atoms with Crippen LogP contribution < -0.4 is 4.90 Å². The van der Waals surface area contributed by atoms with E-state index in [1.165, 1.54) is 5.56 Å². The van der Waals surface area contributed by atoms with Crippen molar-refractivity contribution in [2.75, 3.05) is 31.1 Å². The van der Waals surface area contributed by atoms with Crippen molar-refractivity contribution in [3.8, 4) is 0 Å². The molecule has 0 spiro atoms. The quantitative estimate of drug-likeness (QED) is 0.588. The number of ether oxygens (including phenoxy) is 1. The van der Waals surface area contributed by atoms with Crippen LogP contribution in [-0.4, -0.2) is 36.1 Å². The zero-order valence-electron chi connectivity index (χ0n) is 15.4. The van der Waals surface area contributed by atoms with Gasteiger partial charge in [0.15, 0.2) is 0 Å². The van der Waals surface area contributed by atoms with Crippen molar-refractivity contribution < 1.29 is 9.66 Å². The summed E-state index contributed by atoms with van der Waals surface area (Å²) in [6, 6.07) is 15.5. The molecule has 2 saturated heterocycles. The Bertz CT molecular complexity index is 791. The third-order valence-corrected chi connectivity index (χ3v) is 5.36. The molecule has 2 aliphatic rings. The maximum absolute atomic E-state index is 11.4. The van der Waals surface area contributed by atoms with Crippen molar-refractivity contribution >= 4 is 11.4 Å².